The monoisotopic (exact) mass is 327 g/mol. The van der Waals surface area contributed by atoms with Crippen LogP contribution in [-0.2, 0) is 23.8 Å². The molecular formula is C11H17N7O3S. The van der Waals surface area contributed by atoms with E-state index < -0.39 is 10.2 Å². The van der Waals surface area contributed by atoms with Crippen molar-refractivity contribution in [3.05, 3.63) is 22.4 Å². The SMILES string of the molecule is Cn1ncc2c(=O)[nH]c(CN3CCN(S(N)(=O)=O)CC3)nc21. The molecular weight excluding hydrogens is 310 g/mol. The van der Waals surface area contributed by atoms with E-state index in [1.54, 1.807) is 11.7 Å². The highest BCUT2D eigenvalue weighted by molar-refractivity contribution is 7.86. The van der Waals surface area contributed by atoms with Crippen LogP contribution in [0.15, 0.2) is 11.0 Å². The van der Waals surface area contributed by atoms with Crippen LogP contribution in [0.2, 0.25) is 0 Å². The molecule has 1 aliphatic rings. The lowest BCUT2D eigenvalue weighted by molar-refractivity contribution is 0.178. The summed E-state index contributed by atoms with van der Waals surface area (Å²) in [5, 5.41) is 9.57. The molecule has 2 aromatic heterocycles. The third-order valence-corrected chi connectivity index (χ3v) is 4.80. The number of rotatable bonds is 3. The Morgan fingerprint density at radius 2 is 2.00 bits per heavy atom. The van der Waals surface area contributed by atoms with Gasteiger partial charge in [0.05, 0.1) is 12.7 Å². The molecule has 3 N–H and O–H groups in total. The first-order valence-corrected chi connectivity index (χ1v) is 8.26. The summed E-state index contributed by atoms with van der Waals surface area (Å²) in [5.74, 6) is 0.533. The third-order valence-electron chi connectivity index (χ3n) is 3.72. The van der Waals surface area contributed by atoms with E-state index in [1.165, 1.54) is 10.5 Å². The van der Waals surface area contributed by atoms with Gasteiger partial charge in [-0.1, -0.05) is 0 Å². The first kappa shape index (κ1) is 15.1. The maximum absolute atomic E-state index is 12.0. The lowest BCUT2D eigenvalue weighted by Gasteiger charge is -2.32. The number of nitrogens with zero attached hydrogens (tertiary/aromatic N) is 5. The minimum absolute atomic E-state index is 0.226. The summed E-state index contributed by atoms with van der Waals surface area (Å²) in [7, 11) is -1.91. The van der Waals surface area contributed by atoms with Crippen molar-refractivity contribution in [2.45, 2.75) is 6.54 Å². The highest BCUT2D eigenvalue weighted by Crippen LogP contribution is 2.09. The molecule has 0 aliphatic carbocycles. The number of aromatic amines is 1. The predicted octanol–water partition coefficient (Wildman–Crippen LogP) is -2.02. The fourth-order valence-electron chi connectivity index (χ4n) is 2.51. The second-order valence-electron chi connectivity index (χ2n) is 5.24. The molecule has 0 bridgehead atoms. The van der Waals surface area contributed by atoms with Gasteiger partial charge in [-0.15, -0.1) is 0 Å². The number of hydrogen-bond donors (Lipinski definition) is 2. The summed E-state index contributed by atoms with van der Waals surface area (Å²) in [4.78, 5) is 21.1. The maximum Gasteiger partial charge on any atom is 0.276 e. The zero-order chi connectivity index (χ0) is 15.9. The predicted molar refractivity (Wildman–Crippen MR) is 79.1 cm³/mol. The van der Waals surface area contributed by atoms with Crippen LogP contribution in [0.3, 0.4) is 0 Å². The Kier molecular flexibility index (Phi) is 3.72. The van der Waals surface area contributed by atoms with Crippen LogP contribution < -0.4 is 10.7 Å². The van der Waals surface area contributed by atoms with E-state index in [9.17, 15) is 13.2 Å². The second-order valence-corrected chi connectivity index (χ2v) is 6.78. The molecule has 10 nitrogen and oxygen atoms in total. The summed E-state index contributed by atoms with van der Waals surface area (Å²) in [6.45, 7) is 2.16. The van der Waals surface area contributed by atoms with Gasteiger partial charge >= 0.3 is 0 Å². The van der Waals surface area contributed by atoms with Crippen LogP contribution in [0.1, 0.15) is 5.82 Å². The van der Waals surface area contributed by atoms with Crippen molar-refractivity contribution in [2.75, 3.05) is 26.2 Å². The van der Waals surface area contributed by atoms with Crippen LogP contribution >= 0.6 is 0 Å². The molecule has 1 aliphatic heterocycles. The van der Waals surface area contributed by atoms with Crippen molar-refractivity contribution in [2.24, 2.45) is 12.2 Å². The van der Waals surface area contributed by atoms with Crippen LogP contribution in [0, 0.1) is 0 Å². The maximum atomic E-state index is 12.0. The molecule has 0 saturated carbocycles. The van der Waals surface area contributed by atoms with Gasteiger partial charge in [0.1, 0.15) is 11.2 Å². The lowest BCUT2D eigenvalue weighted by atomic mass is 10.3. The normalized spacial score (nSPS) is 18.1. The van der Waals surface area contributed by atoms with Gasteiger partial charge in [-0.25, -0.2) is 10.1 Å². The molecule has 1 fully saturated rings. The summed E-state index contributed by atoms with van der Waals surface area (Å²) in [5.41, 5.74) is 0.304. The van der Waals surface area contributed by atoms with E-state index >= 15 is 0 Å². The number of piperazine rings is 1. The van der Waals surface area contributed by atoms with E-state index in [-0.39, 0.29) is 5.56 Å². The summed E-state index contributed by atoms with van der Waals surface area (Å²) >= 11 is 0. The van der Waals surface area contributed by atoms with Gasteiger partial charge in [0.25, 0.3) is 15.8 Å². The van der Waals surface area contributed by atoms with E-state index in [2.05, 4.69) is 15.1 Å². The Morgan fingerprint density at radius 3 is 2.64 bits per heavy atom. The fourth-order valence-corrected chi connectivity index (χ4v) is 3.18. The van der Waals surface area contributed by atoms with Crippen molar-refractivity contribution in [1.82, 2.24) is 29.0 Å². The van der Waals surface area contributed by atoms with Crippen LogP contribution in [0.5, 0.6) is 0 Å². The number of nitrogens with one attached hydrogen (secondary N) is 1. The number of hydrogen-bond acceptors (Lipinski definition) is 6. The molecule has 120 valence electrons. The minimum atomic E-state index is -3.63. The van der Waals surface area contributed by atoms with Gasteiger partial charge in [-0.2, -0.15) is 17.8 Å². The lowest BCUT2D eigenvalue weighted by Crippen LogP contribution is -2.50. The van der Waals surface area contributed by atoms with Gasteiger partial charge in [0.2, 0.25) is 0 Å². The quantitative estimate of drug-likeness (QED) is 0.669. The largest absolute Gasteiger partial charge is 0.309 e. The van der Waals surface area contributed by atoms with Crippen LogP contribution in [0.25, 0.3) is 11.0 Å². The molecule has 0 spiro atoms. The van der Waals surface area contributed by atoms with Crippen LogP contribution in [0.4, 0.5) is 0 Å². The highest BCUT2D eigenvalue weighted by Gasteiger charge is 2.24. The zero-order valence-corrected chi connectivity index (χ0v) is 12.9. The molecule has 11 heteroatoms. The Morgan fingerprint density at radius 1 is 1.32 bits per heavy atom. The molecule has 3 rings (SSSR count). The molecule has 0 radical (unpaired) electrons. The molecule has 0 amide bonds. The molecule has 3 heterocycles. The summed E-state index contributed by atoms with van der Waals surface area (Å²) in [6, 6.07) is 0. The Labute approximate surface area is 126 Å². The molecule has 0 atom stereocenters. The Bertz CT molecular complexity index is 848. The van der Waals surface area contributed by atoms with Crippen molar-refractivity contribution in [1.29, 1.82) is 0 Å². The van der Waals surface area contributed by atoms with Gasteiger partial charge in [-0.3, -0.25) is 14.4 Å². The van der Waals surface area contributed by atoms with E-state index in [0.29, 0.717) is 49.6 Å². The van der Waals surface area contributed by atoms with Gasteiger partial charge in [-0.05, 0) is 0 Å². The van der Waals surface area contributed by atoms with E-state index in [0.717, 1.165) is 0 Å². The first-order chi connectivity index (χ1) is 10.3. The smallest absolute Gasteiger partial charge is 0.276 e. The van der Waals surface area contributed by atoms with Gasteiger partial charge < -0.3 is 4.98 Å². The fraction of sp³-hybridized carbons (Fsp3) is 0.545. The van der Waals surface area contributed by atoms with Crippen molar-refractivity contribution in [3.63, 3.8) is 0 Å². The summed E-state index contributed by atoms with van der Waals surface area (Å²) < 4.78 is 25.3. The molecule has 22 heavy (non-hydrogen) atoms. The molecule has 0 aromatic carbocycles. The second kappa shape index (κ2) is 5.43. The number of H-pyrrole nitrogens is 1. The Hall–Kier alpha value is -1.82. The molecule has 1 saturated heterocycles. The first-order valence-electron chi connectivity index (χ1n) is 6.76. The zero-order valence-electron chi connectivity index (χ0n) is 12.1. The average Bonchev–Trinajstić information content (AvgIpc) is 2.81. The van der Waals surface area contributed by atoms with Crippen LogP contribution in [-0.4, -0.2) is 63.6 Å². The van der Waals surface area contributed by atoms with Gasteiger partial charge in [0, 0.05) is 33.2 Å². The standard InChI is InChI=1S/C11H17N7O3S/c1-16-10-8(6-13-16)11(19)15-9(14-10)7-17-2-4-18(5-3-17)22(12,20)21/h6H,2-5,7H2,1H3,(H2,12,20,21)(H,14,15,19). The van der Waals surface area contributed by atoms with Crippen molar-refractivity contribution in [3.8, 4) is 0 Å². The third kappa shape index (κ3) is 2.88. The molecule has 0 unspecified atom stereocenters. The average molecular weight is 327 g/mol. The van der Waals surface area contributed by atoms with Crippen molar-refractivity contribution >= 4 is 21.2 Å². The number of aromatic nitrogens is 4. The topological polar surface area (TPSA) is 130 Å². The van der Waals surface area contributed by atoms with Gasteiger partial charge in [0.15, 0.2) is 5.65 Å². The van der Waals surface area contributed by atoms with Crippen molar-refractivity contribution < 1.29 is 8.42 Å². The number of fused-ring (bicyclic) bond motifs is 1. The summed E-state index contributed by atoms with van der Waals surface area (Å²) in [6.07, 6.45) is 1.48. The Balaban J connectivity index is 1.75. The van der Waals surface area contributed by atoms with E-state index in [4.69, 9.17) is 5.14 Å². The number of aryl methyl sites for hydroxylation is 1. The minimum Gasteiger partial charge on any atom is -0.309 e. The van der Waals surface area contributed by atoms with E-state index in [1.807, 2.05) is 4.90 Å². The highest BCUT2D eigenvalue weighted by atomic mass is 32.2. The molecule has 2 aromatic rings. The number of nitrogens with two attached hydrogens (primary N) is 1.